The van der Waals surface area contributed by atoms with Crippen molar-refractivity contribution in [3.63, 3.8) is 0 Å². The predicted octanol–water partition coefficient (Wildman–Crippen LogP) is 3.69. The Bertz CT molecular complexity index is 367. The van der Waals surface area contributed by atoms with Crippen molar-refractivity contribution < 1.29 is 4.74 Å². The lowest BCUT2D eigenvalue weighted by Gasteiger charge is -2.19. The summed E-state index contributed by atoms with van der Waals surface area (Å²) in [6.07, 6.45) is 8.83. The van der Waals surface area contributed by atoms with Crippen LogP contribution in [0.3, 0.4) is 0 Å². The van der Waals surface area contributed by atoms with E-state index in [0.29, 0.717) is 0 Å². The second-order valence-corrected chi connectivity index (χ2v) is 4.74. The van der Waals surface area contributed by atoms with Crippen LogP contribution in [0.25, 0.3) is 0 Å². The minimum absolute atomic E-state index is 0.801. The predicted molar refractivity (Wildman–Crippen MR) is 72.0 cm³/mol. The van der Waals surface area contributed by atoms with Crippen LogP contribution in [0, 0.1) is 5.92 Å². The van der Waals surface area contributed by atoms with Crippen molar-refractivity contribution in [3.05, 3.63) is 29.8 Å². The van der Waals surface area contributed by atoms with E-state index in [2.05, 4.69) is 4.99 Å². The van der Waals surface area contributed by atoms with Crippen molar-refractivity contribution in [2.45, 2.75) is 32.1 Å². The SMILES string of the molecule is COc1ccccc1C=NCC1CCCCC1. The second kappa shape index (κ2) is 6.43. The molecule has 0 aliphatic heterocycles. The number of aliphatic imine (C=N–C) groups is 1. The van der Waals surface area contributed by atoms with Gasteiger partial charge in [-0.2, -0.15) is 0 Å². The van der Waals surface area contributed by atoms with Crippen LogP contribution in [0.4, 0.5) is 0 Å². The van der Waals surface area contributed by atoms with E-state index in [1.54, 1.807) is 7.11 Å². The Morgan fingerprint density at radius 1 is 1.24 bits per heavy atom. The zero-order chi connectivity index (χ0) is 11.9. The van der Waals surface area contributed by atoms with E-state index in [9.17, 15) is 0 Å². The van der Waals surface area contributed by atoms with Crippen LogP contribution < -0.4 is 4.74 Å². The molecule has 0 saturated heterocycles. The molecule has 2 heteroatoms. The summed E-state index contributed by atoms with van der Waals surface area (Å²) in [6, 6.07) is 8.02. The fourth-order valence-electron chi connectivity index (χ4n) is 2.44. The molecule has 0 unspecified atom stereocenters. The van der Waals surface area contributed by atoms with E-state index < -0.39 is 0 Å². The monoisotopic (exact) mass is 231 g/mol. The van der Waals surface area contributed by atoms with Crippen molar-refractivity contribution in [1.29, 1.82) is 0 Å². The number of ether oxygens (including phenoxy) is 1. The molecule has 0 bridgehead atoms. The van der Waals surface area contributed by atoms with Gasteiger partial charge >= 0.3 is 0 Å². The fourth-order valence-corrected chi connectivity index (χ4v) is 2.44. The molecule has 0 spiro atoms. The summed E-state index contributed by atoms with van der Waals surface area (Å²) in [5.41, 5.74) is 1.07. The quantitative estimate of drug-likeness (QED) is 0.724. The van der Waals surface area contributed by atoms with E-state index in [0.717, 1.165) is 23.8 Å². The van der Waals surface area contributed by atoms with Crippen molar-refractivity contribution in [2.75, 3.05) is 13.7 Å². The minimum atomic E-state index is 0.801. The summed E-state index contributed by atoms with van der Waals surface area (Å²) in [6.45, 7) is 0.970. The number of benzene rings is 1. The Morgan fingerprint density at radius 3 is 2.76 bits per heavy atom. The molecule has 0 heterocycles. The smallest absolute Gasteiger partial charge is 0.127 e. The lowest BCUT2D eigenvalue weighted by Crippen LogP contribution is -2.09. The van der Waals surface area contributed by atoms with E-state index in [1.165, 1.54) is 32.1 Å². The maximum atomic E-state index is 5.30. The molecule has 1 saturated carbocycles. The molecule has 17 heavy (non-hydrogen) atoms. The van der Waals surface area contributed by atoms with Gasteiger partial charge in [0.05, 0.1) is 7.11 Å². The molecule has 92 valence electrons. The number of rotatable bonds is 4. The van der Waals surface area contributed by atoms with E-state index in [-0.39, 0.29) is 0 Å². The fraction of sp³-hybridized carbons (Fsp3) is 0.533. The number of methoxy groups -OCH3 is 1. The third kappa shape index (κ3) is 3.58. The van der Waals surface area contributed by atoms with Gasteiger partial charge in [-0.15, -0.1) is 0 Å². The molecule has 2 rings (SSSR count). The molecule has 0 N–H and O–H groups in total. The Labute approximate surface area is 104 Å². The van der Waals surface area contributed by atoms with E-state index in [4.69, 9.17) is 4.74 Å². The highest BCUT2D eigenvalue weighted by Gasteiger charge is 2.11. The molecule has 0 aromatic heterocycles. The average molecular weight is 231 g/mol. The van der Waals surface area contributed by atoms with E-state index >= 15 is 0 Å². The highest BCUT2D eigenvalue weighted by molar-refractivity contribution is 5.83. The van der Waals surface area contributed by atoms with Crippen LogP contribution >= 0.6 is 0 Å². The van der Waals surface area contributed by atoms with Gasteiger partial charge in [0.2, 0.25) is 0 Å². The van der Waals surface area contributed by atoms with Crippen LogP contribution in [0.5, 0.6) is 5.75 Å². The van der Waals surface area contributed by atoms with Crippen molar-refractivity contribution in [2.24, 2.45) is 10.9 Å². The van der Waals surface area contributed by atoms with Crippen LogP contribution in [0.15, 0.2) is 29.3 Å². The third-order valence-corrected chi connectivity index (χ3v) is 3.46. The number of hydrogen-bond acceptors (Lipinski definition) is 2. The van der Waals surface area contributed by atoms with Gasteiger partial charge in [-0.25, -0.2) is 0 Å². The standard InChI is InChI=1S/C15H21NO/c1-17-15-10-6-5-9-14(15)12-16-11-13-7-3-2-4-8-13/h5-6,9-10,12-13H,2-4,7-8,11H2,1H3. The van der Waals surface area contributed by atoms with Crippen molar-refractivity contribution in [1.82, 2.24) is 0 Å². The summed E-state index contributed by atoms with van der Waals surface area (Å²) in [5.74, 6) is 1.70. The first-order valence-corrected chi connectivity index (χ1v) is 6.53. The second-order valence-electron chi connectivity index (χ2n) is 4.74. The van der Waals surface area contributed by atoms with Crippen molar-refractivity contribution in [3.8, 4) is 5.75 Å². The zero-order valence-corrected chi connectivity index (χ0v) is 10.6. The highest BCUT2D eigenvalue weighted by atomic mass is 16.5. The first-order valence-electron chi connectivity index (χ1n) is 6.53. The van der Waals surface area contributed by atoms with Gasteiger partial charge in [0.15, 0.2) is 0 Å². The molecule has 1 aliphatic rings. The maximum Gasteiger partial charge on any atom is 0.127 e. The highest BCUT2D eigenvalue weighted by Crippen LogP contribution is 2.23. The molecule has 2 nitrogen and oxygen atoms in total. The Morgan fingerprint density at radius 2 is 2.00 bits per heavy atom. The third-order valence-electron chi connectivity index (χ3n) is 3.46. The molecule has 0 radical (unpaired) electrons. The number of para-hydroxylation sites is 1. The lowest BCUT2D eigenvalue weighted by atomic mass is 9.89. The largest absolute Gasteiger partial charge is 0.496 e. The minimum Gasteiger partial charge on any atom is -0.496 e. The van der Waals surface area contributed by atoms with Crippen LogP contribution in [-0.2, 0) is 0 Å². The number of hydrogen-bond donors (Lipinski definition) is 0. The number of nitrogens with zero attached hydrogens (tertiary/aromatic N) is 1. The zero-order valence-electron chi connectivity index (χ0n) is 10.6. The van der Waals surface area contributed by atoms with Crippen LogP contribution in [-0.4, -0.2) is 19.9 Å². The summed E-state index contributed by atoms with van der Waals surface area (Å²) >= 11 is 0. The van der Waals surface area contributed by atoms with E-state index in [1.807, 2.05) is 30.5 Å². The summed E-state index contributed by atoms with van der Waals surface area (Å²) in [5, 5.41) is 0. The van der Waals surface area contributed by atoms with Crippen LogP contribution in [0.2, 0.25) is 0 Å². The Balaban J connectivity index is 1.90. The topological polar surface area (TPSA) is 21.6 Å². The summed E-state index contributed by atoms with van der Waals surface area (Å²) < 4.78 is 5.30. The van der Waals surface area contributed by atoms with Gasteiger partial charge in [0.1, 0.15) is 5.75 Å². The van der Waals surface area contributed by atoms with Crippen LogP contribution in [0.1, 0.15) is 37.7 Å². The van der Waals surface area contributed by atoms with Gasteiger partial charge in [-0.05, 0) is 30.9 Å². The van der Waals surface area contributed by atoms with Gasteiger partial charge in [-0.3, -0.25) is 4.99 Å². The molecule has 0 atom stereocenters. The molecule has 1 aromatic carbocycles. The first-order chi connectivity index (χ1) is 8.40. The summed E-state index contributed by atoms with van der Waals surface area (Å²) in [4.78, 5) is 4.57. The lowest BCUT2D eigenvalue weighted by molar-refractivity contribution is 0.367. The molecule has 0 amide bonds. The first kappa shape index (κ1) is 12.2. The van der Waals surface area contributed by atoms with Gasteiger partial charge < -0.3 is 4.74 Å². The molecular formula is C15H21NO. The Kier molecular flexibility index (Phi) is 4.60. The van der Waals surface area contributed by atoms with Gasteiger partial charge in [0, 0.05) is 18.3 Å². The normalized spacial score (nSPS) is 17.5. The average Bonchev–Trinajstić information content (AvgIpc) is 2.40. The van der Waals surface area contributed by atoms with Crippen molar-refractivity contribution >= 4 is 6.21 Å². The molecule has 1 fully saturated rings. The maximum absolute atomic E-state index is 5.30. The summed E-state index contributed by atoms with van der Waals surface area (Å²) in [7, 11) is 1.70. The molecule has 1 aromatic rings. The van der Waals surface area contributed by atoms with Gasteiger partial charge in [0.25, 0.3) is 0 Å². The Hall–Kier alpha value is -1.31. The molecular weight excluding hydrogens is 210 g/mol. The molecule has 1 aliphatic carbocycles. The van der Waals surface area contributed by atoms with Gasteiger partial charge in [-0.1, -0.05) is 31.4 Å².